The second-order valence-corrected chi connectivity index (χ2v) is 4.82. The lowest BCUT2D eigenvalue weighted by molar-refractivity contribution is 0.0697. The Labute approximate surface area is 119 Å². The summed E-state index contributed by atoms with van der Waals surface area (Å²) in [4.78, 5) is 30.2. The number of nitrogens with one attached hydrogen (secondary N) is 1. The third-order valence-electron chi connectivity index (χ3n) is 3.29. The van der Waals surface area contributed by atoms with Gasteiger partial charge in [-0.25, -0.2) is 9.59 Å². The Morgan fingerprint density at radius 3 is 2.86 bits per heavy atom. The van der Waals surface area contributed by atoms with Crippen molar-refractivity contribution in [3.63, 3.8) is 0 Å². The zero-order valence-corrected chi connectivity index (χ0v) is 11.3. The minimum Gasteiger partial charge on any atom is -0.478 e. The van der Waals surface area contributed by atoms with Crippen molar-refractivity contribution in [1.82, 2.24) is 14.5 Å². The fourth-order valence-corrected chi connectivity index (χ4v) is 2.29. The molecule has 3 rings (SSSR count). The first kappa shape index (κ1) is 13.1. The summed E-state index contributed by atoms with van der Waals surface area (Å²) in [5.74, 6) is -1.02. The first-order valence-electron chi connectivity index (χ1n) is 6.43. The third kappa shape index (κ3) is 2.43. The Hall–Kier alpha value is -2.89. The van der Waals surface area contributed by atoms with Crippen molar-refractivity contribution < 1.29 is 9.90 Å². The van der Waals surface area contributed by atoms with Gasteiger partial charge in [-0.2, -0.15) is 0 Å². The number of pyridine rings is 1. The number of carboxylic acid groups (broad SMARTS) is 1. The molecular formula is C15H13N3O3. The molecule has 0 aliphatic heterocycles. The van der Waals surface area contributed by atoms with Crippen molar-refractivity contribution in [3.8, 4) is 0 Å². The highest BCUT2D eigenvalue weighted by Crippen LogP contribution is 2.14. The summed E-state index contributed by atoms with van der Waals surface area (Å²) in [6.07, 6.45) is 0. The maximum absolute atomic E-state index is 12.0. The van der Waals surface area contributed by atoms with E-state index in [1.807, 2.05) is 25.1 Å². The van der Waals surface area contributed by atoms with Crippen molar-refractivity contribution in [2.24, 2.45) is 0 Å². The molecule has 0 unspecified atom stereocenters. The van der Waals surface area contributed by atoms with Gasteiger partial charge in [0.05, 0.1) is 28.8 Å². The summed E-state index contributed by atoms with van der Waals surface area (Å²) < 4.78 is 1.49. The number of benzene rings is 1. The lowest BCUT2D eigenvalue weighted by Gasteiger charge is -2.04. The van der Waals surface area contributed by atoms with E-state index >= 15 is 0 Å². The summed E-state index contributed by atoms with van der Waals surface area (Å²) in [6.45, 7) is 2.17. The molecule has 0 aliphatic carbocycles. The molecule has 0 bridgehead atoms. The van der Waals surface area contributed by atoms with Gasteiger partial charge in [0.2, 0.25) is 0 Å². The predicted octanol–water partition coefficient (Wildman–Crippen LogP) is 1.78. The minimum absolute atomic E-state index is 0.146. The summed E-state index contributed by atoms with van der Waals surface area (Å²) >= 11 is 0. The highest BCUT2D eigenvalue weighted by Gasteiger charge is 2.11. The van der Waals surface area contributed by atoms with E-state index in [0.29, 0.717) is 17.6 Å². The number of hydrogen-bond acceptors (Lipinski definition) is 3. The van der Waals surface area contributed by atoms with Crippen LogP contribution in [0.4, 0.5) is 0 Å². The van der Waals surface area contributed by atoms with Crippen molar-refractivity contribution in [2.75, 3.05) is 0 Å². The highest BCUT2D eigenvalue weighted by atomic mass is 16.4. The fourth-order valence-electron chi connectivity index (χ4n) is 2.29. The van der Waals surface area contributed by atoms with E-state index in [9.17, 15) is 9.59 Å². The monoisotopic (exact) mass is 283 g/mol. The number of aryl methyl sites for hydroxylation is 1. The van der Waals surface area contributed by atoms with Crippen LogP contribution in [0.2, 0.25) is 0 Å². The minimum atomic E-state index is -1.02. The van der Waals surface area contributed by atoms with Gasteiger partial charge in [-0.05, 0) is 37.3 Å². The normalized spacial score (nSPS) is 10.9. The van der Waals surface area contributed by atoms with E-state index in [1.54, 1.807) is 6.07 Å². The molecule has 106 valence electrons. The molecule has 0 fully saturated rings. The van der Waals surface area contributed by atoms with E-state index < -0.39 is 5.97 Å². The van der Waals surface area contributed by atoms with Crippen molar-refractivity contribution in [3.05, 3.63) is 63.8 Å². The first-order chi connectivity index (χ1) is 10.0. The number of rotatable bonds is 3. The van der Waals surface area contributed by atoms with Gasteiger partial charge >= 0.3 is 11.7 Å². The van der Waals surface area contributed by atoms with Gasteiger partial charge in [-0.15, -0.1) is 0 Å². The average Bonchev–Trinajstić information content (AvgIpc) is 2.74. The number of aromatic nitrogens is 3. The van der Waals surface area contributed by atoms with Crippen LogP contribution in [0, 0.1) is 6.92 Å². The summed E-state index contributed by atoms with van der Waals surface area (Å²) in [7, 11) is 0. The molecule has 0 saturated heterocycles. The zero-order chi connectivity index (χ0) is 15.0. The van der Waals surface area contributed by atoms with E-state index in [2.05, 4.69) is 9.97 Å². The molecule has 6 nitrogen and oxygen atoms in total. The highest BCUT2D eigenvalue weighted by molar-refractivity contribution is 5.92. The van der Waals surface area contributed by atoms with E-state index in [0.717, 1.165) is 11.4 Å². The maximum Gasteiger partial charge on any atom is 0.335 e. The second-order valence-electron chi connectivity index (χ2n) is 4.82. The Morgan fingerprint density at radius 1 is 1.33 bits per heavy atom. The number of carboxylic acids is 1. The molecule has 0 aliphatic rings. The van der Waals surface area contributed by atoms with Gasteiger partial charge in [-0.1, -0.05) is 6.07 Å². The largest absolute Gasteiger partial charge is 0.478 e. The van der Waals surface area contributed by atoms with Crippen LogP contribution >= 0.6 is 0 Å². The smallest absolute Gasteiger partial charge is 0.335 e. The van der Waals surface area contributed by atoms with Crippen molar-refractivity contribution in [1.29, 1.82) is 0 Å². The van der Waals surface area contributed by atoms with Gasteiger partial charge in [-0.3, -0.25) is 9.55 Å². The molecule has 3 aromatic rings. The van der Waals surface area contributed by atoms with Crippen molar-refractivity contribution in [2.45, 2.75) is 13.5 Å². The van der Waals surface area contributed by atoms with Crippen LogP contribution in [0.25, 0.3) is 11.0 Å². The Balaban J connectivity index is 2.12. The van der Waals surface area contributed by atoms with E-state index in [1.165, 1.54) is 16.7 Å². The zero-order valence-electron chi connectivity index (χ0n) is 11.3. The van der Waals surface area contributed by atoms with Crippen LogP contribution in [0.5, 0.6) is 0 Å². The van der Waals surface area contributed by atoms with Gasteiger partial charge in [0.1, 0.15) is 0 Å². The number of imidazole rings is 1. The van der Waals surface area contributed by atoms with Gasteiger partial charge in [0.15, 0.2) is 0 Å². The van der Waals surface area contributed by atoms with E-state index in [4.69, 9.17) is 5.11 Å². The molecule has 0 spiro atoms. The Morgan fingerprint density at radius 2 is 2.14 bits per heavy atom. The number of aromatic carboxylic acids is 1. The third-order valence-corrected chi connectivity index (χ3v) is 3.29. The summed E-state index contributed by atoms with van der Waals surface area (Å²) in [5, 5.41) is 9.06. The summed E-state index contributed by atoms with van der Waals surface area (Å²) in [6, 6.07) is 10.1. The topological polar surface area (TPSA) is 88.0 Å². The molecule has 1 aromatic carbocycles. The number of aromatic amines is 1. The standard InChI is InChI=1S/C15H13N3O3/c1-9-3-2-4-11(16-9)8-18-13-7-10(14(19)20)5-6-12(13)17-15(18)21/h2-7H,8H2,1H3,(H,17,21)(H,19,20). The summed E-state index contributed by atoms with van der Waals surface area (Å²) in [5.41, 5.74) is 2.65. The van der Waals surface area contributed by atoms with Crippen LogP contribution in [0.1, 0.15) is 21.7 Å². The number of carbonyl (C=O) groups is 1. The Kier molecular flexibility index (Phi) is 3.06. The van der Waals surface area contributed by atoms with Crippen LogP contribution in [-0.4, -0.2) is 25.6 Å². The predicted molar refractivity (Wildman–Crippen MR) is 77.6 cm³/mol. The molecule has 6 heteroatoms. The molecule has 0 amide bonds. The molecule has 0 saturated carbocycles. The molecular weight excluding hydrogens is 270 g/mol. The van der Waals surface area contributed by atoms with Gasteiger partial charge in [0.25, 0.3) is 0 Å². The first-order valence-corrected chi connectivity index (χ1v) is 6.43. The quantitative estimate of drug-likeness (QED) is 0.767. The average molecular weight is 283 g/mol. The van der Waals surface area contributed by atoms with Gasteiger partial charge < -0.3 is 10.1 Å². The molecule has 2 aromatic heterocycles. The molecule has 0 atom stereocenters. The lowest BCUT2D eigenvalue weighted by Crippen LogP contribution is -2.18. The molecule has 0 radical (unpaired) electrons. The van der Waals surface area contributed by atoms with Crippen LogP contribution in [0.15, 0.2) is 41.2 Å². The van der Waals surface area contributed by atoms with Crippen molar-refractivity contribution >= 4 is 17.0 Å². The maximum atomic E-state index is 12.0. The van der Waals surface area contributed by atoms with Gasteiger partial charge in [0, 0.05) is 5.69 Å². The van der Waals surface area contributed by atoms with Crippen LogP contribution in [-0.2, 0) is 6.54 Å². The SMILES string of the molecule is Cc1cccc(Cn2c(=O)[nH]c3ccc(C(=O)O)cc32)n1. The number of fused-ring (bicyclic) bond motifs is 1. The Bertz CT molecular complexity index is 893. The van der Waals surface area contributed by atoms with Crippen LogP contribution < -0.4 is 5.69 Å². The molecule has 2 N–H and O–H groups in total. The number of nitrogens with zero attached hydrogens (tertiary/aromatic N) is 2. The second kappa shape index (κ2) is 4.90. The number of H-pyrrole nitrogens is 1. The molecule has 21 heavy (non-hydrogen) atoms. The van der Waals surface area contributed by atoms with Crippen LogP contribution in [0.3, 0.4) is 0 Å². The van der Waals surface area contributed by atoms with E-state index in [-0.39, 0.29) is 11.3 Å². The fraction of sp³-hybridized carbons (Fsp3) is 0.133. The number of hydrogen-bond donors (Lipinski definition) is 2. The molecule has 2 heterocycles. The lowest BCUT2D eigenvalue weighted by atomic mass is 10.2.